The standard InChI is InChI=1S/C21H21FN4O3/c1-28-16-8-4-6-14(12-16)19-24-20(29-25-19)15-7-5-11-26(13-15)21(27)23-18-10-3-2-9-17(18)22/h2-4,6,8-10,12,15H,5,7,11,13H2,1H3,(H,23,27)/t15-/m0/s1. The van der Waals surface area contributed by atoms with Crippen molar-refractivity contribution in [3.63, 3.8) is 0 Å². The maximum Gasteiger partial charge on any atom is 0.321 e. The number of likely N-dealkylation sites (tertiary alicyclic amines) is 1. The number of hydrogen-bond acceptors (Lipinski definition) is 5. The van der Waals surface area contributed by atoms with Crippen LogP contribution in [0.3, 0.4) is 0 Å². The first-order valence-corrected chi connectivity index (χ1v) is 9.42. The largest absolute Gasteiger partial charge is 0.497 e. The molecule has 0 aliphatic carbocycles. The van der Waals surface area contributed by atoms with E-state index in [1.54, 1.807) is 24.1 Å². The smallest absolute Gasteiger partial charge is 0.321 e. The Balaban J connectivity index is 1.45. The molecule has 1 aliphatic rings. The lowest BCUT2D eigenvalue weighted by Gasteiger charge is -2.31. The van der Waals surface area contributed by atoms with Crippen molar-refractivity contribution in [2.45, 2.75) is 18.8 Å². The number of nitrogens with zero attached hydrogens (tertiary/aromatic N) is 3. The molecule has 29 heavy (non-hydrogen) atoms. The van der Waals surface area contributed by atoms with Crippen LogP contribution in [0.25, 0.3) is 11.4 Å². The lowest BCUT2D eigenvalue weighted by Crippen LogP contribution is -2.41. The monoisotopic (exact) mass is 396 g/mol. The highest BCUT2D eigenvalue weighted by Gasteiger charge is 2.29. The van der Waals surface area contributed by atoms with E-state index >= 15 is 0 Å². The predicted molar refractivity (Wildman–Crippen MR) is 105 cm³/mol. The molecule has 4 rings (SSSR count). The maximum absolute atomic E-state index is 13.8. The molecule has 1 fully saturated rings. The van der Waals surface area contributed by atoms with Gasteiger partial charge in [0.1, 0.15) is 11.6 Å². The van der Waals surface area contributed by atoms with Crippen LogP contribution >= 0.6 is 0 Å². The van der Waals surface area contributed by atoms with Crippen LogP contribution < -0.4 is 10.1 Å². The molecule has 0 unspecified atom stereocenters. The molecule has 7 nitrogen and oxygen atoms in total. The molecule has 1 saturated heterocycles. The van der Waals surface area contributed by atoms with Gasteiger partial charge in [-0.15, -0.1) is 0 Å². The fourth-order valence-electron chi connectivity index (χ4n) is 3.40. The summed E-state index contributed by atoms with van der Waals surface area (Å²) < 4.78 is 24.5. The summed E-state index contributed by atoms with van der Waals surface area (Å²) in [6.45, 7) is 1.02. The van der Waals surface area contributed by atoms with Crippen molar-refractivity contribution >= 4 is 11.7 Å². The van der Waals surface area contributed by atoms with Crippen LogP contribution in [0.1, 0.15) is 24.7 Å². The average Bonchev–Trinajstić information content (AvgIpc) is 3.26. The van der Waals surface area contributed by atoms with Crippen LogP contribution in [0.2, 0.25) is 0 Å². The van der Waals surface area contributed by atoms with Gasteiger partial charge in [0.25, 0.3) is 0 Å². The zero-order chi connectivity index (χ0) is 20.2. The van der Waals surface area contributed by atoms with Gasteiger partial charge in [-0.3, -0.25) is 0 Å². The zero-order valence-electron chi connectivity index (χ0n) is 16.0. The SMILES string of the molecule is COc1cccc(-c2noc([C@H]3CCCN(C(=O)Nc4ccccc4F)C3)n2)c1. The normalized spacial score (nSPS) is 16.5. The number of aromatic nitrogens is 2. The second kappa shape index (κ2) is 8.30. The number of hydrogen-bond donors (Lipinski definition) is 1. The van der Waals surface area contributed by atoms with Gasteiger partial charge in [-0.2, -0.15) is 4.98 Å². The lowest BCUT2D eigenvalue weighted by molar-refractivity contribution is 0.184. The van der Waals surface area contributed by atoms with E-state index in [-0.39, 0.29) is 17.6 Å². The summed E-state index contributed by atoms with van der Waals surface area (Å²) in [6.07, 6.45) is 1.63. The van der Waals surface area contributed by atoms with Gasteiger partial charge in [0.2, 0.25) is 11.7 Å². The molecule has 2 heterocycles. The number of para-hydroxylation sites is 1. The van der Waals surface area contributed by atoms with Crippen molar-refractivity contribution in [3.05, 3.63) is 60.2 Å². The number of carbonyl (C=O) groups is 1. The van der Waals surface area contributed by atoms with E-state index in [9.17, 15) is 9.18 Å². The second-order valence-corrected chi connectivity index (χ2v) is 6.88. The Kier molecular flexibility index (Phi) is 5.41. The van der Waals surface area contributed by atoms with Crippen LogP contribution in [0.15, 0.2) is 53.1 Å². The van der Waals surface area contributed by atoms with Crippen molar-refractivity contribution in [1.29, 1.82) is 0 Å². The number of anilines is 1. The van der Waals surface area contributed by atoms with Crippen LogP contribution in [0.4, 0.5) is 14.9 Å². The van der Waals surface area contributed by atoms with Crippen LogP contribution in [-0.2, 0) is 0 Å². The van der Waals surface area contributed by atoms with Crippen LogP contribution in [-0.4, -0.2) is 41.3 Å². The number of urea groups is 1. The third-order valence-electron chi connectivity index (χ3n) is 4.94. The van der Waals surface area contributed by atoms with Crippen molar-refractivity contribution in [2.75, 3.05) is 25.5 Å². The molecule has 0 bridgehead atoms. The molecular weight excluding hydrogens is 375 g/mol. The van der Waals surface area contributed by atoms with Gasteiger partial charge in [0, 0.05) is 18.7 Å². The Bertz CT molecular complexity index is 1010. The number of amides is 2. The highest BCUT2D eigenvalue weighted by atomic mass is 19.1. The quantitative estimate of drug-likeness (QED) is 0.711. The summed E-state index contributed by atoms with van der Waals surface area (Å²) >= 11 is 0. The molecule has 3 aromatic rings. The number of ether oxygens (including phenoxy) is 1. The number of methoxy groups -OCH3 is 1. The summed E-state index contributed by atoms with van der Waals surface area (Å²) in [5, 5.41) is 6.70. The number of benzene rings is 2. The first kappa shape index (κ1) is 18.9. The van der Waals surface area contributed by atoms with E-state index in [0.717, 1.165) is 18.4 Å². The van der Waals surface area contributed by atoms with Gasteiger partial charge in [-0.1, -0.05) is 29.4 Å². The molecule has 8 heteroatoms. The number of piperidine rings is 1. The Hall–Kier alpha value is -3.42. The van der Waals surface area contributed by atoms with Crippen molar-refractivity contribution < 1.29 is 18.4 Å². The summed E-state index contributed by atoms with van der Waals surface area (Å²) in [5.41, 5.74) is 0.960. The Morgan fingerprint density at radius 3 is 2.97 bits per heavy atom. The summed E-state index contributed by atoms with van der Waals surface area (Å²) in [5.74, 6) is 1.15. The van der Waals surface area contributed by atoms with E-state index in [4.69, 9.17) is 9.26 Å². The first-order chi connectivity index (χ1) is 14.1. The lowest BCUT2D eigenvalue weighted by atomic mass is 9.98. The third-order valence-corrected chi connectivity index (χ3v) is 4.94. The van der Waals surface area contributed by atoms with Gasteiger partial charge < -0.3 is 19.5 Å². The van der Waals surface area contributed by atoms with E-state index in [1.807, 2.05) is 24.3 Å². The molecule has 1 N–H and O–H groups in total. The average molecular weight is 396 g/mol. The molecule has 1 aliphatic heterocycles. The van der Waals surface area contributed by atoms with E-state index in [2.05, 4.69) is 15.5 Å². The van der Waals surface area contributed by atoms with Gasteiger partial charge in [0.05, 0.1) is 18.7 Å². The fraction of sp³-hybridized carbons (Fsp3) is 0.286. The van der Waals surface area contributed by atoms with Gasteiger partial charge >= 0.3 is 6.03 Å². The predicted octanol–water partition coefficient (Wildman–Crippen LogP) is 4.30. The number of carbonyl (C=O) groups excluding carboxylic acids is 1. The minimum absolute atomic E-state index is 0.0676. The molecule has 150 valence electrons. The van der Waals surface area contributed by atoms with Crippen molar-refractivity contribution in [1.82, 2.24) is 15.0 Å². The third kappa shape index (κ3) is 4.21. The number of rotatable bonds is 4. The Morgan fingerprint density at radius 1 is 1.28 bits per heavy atom. The summed E-state index contributed by atoms with van der Waals surface area (Å²) in [7, 11) is 1.60. The topological polar surface area (TPSA) is 80.5 Å². The number of halogens is 1. The fourth-order valence-corrected chi connectivity index (χ4v) is 3.40. The summed E-state index contributed by atoms with van der Waals surface area (Å²) in [6, 6.07) is 13.2. The molecule has 0 spiro atoms. The molecule has 2 amide bonds. The van der Waals surface area contributed by atoms with Crippen LogP contribution in [0.5, 0.6) is 5.75 Å². The molecule has 0 radical (unpaired) electrons. The van der Waals surface area contributed by atoms with Crippen molar-refractivity contribution in [3.8, 4) is 17.1 Å². The maximum atomic E-state index is 13.8. The van der Waals surface area contributed by atoms with E-state index < -0.39 is 5.82 Å². The number of nitrogens with one attached hydrogen (secondary N) is 1. The zero-order valence-corrected chi connectivity index (χ0v) is 16.0. The highest BCUT2D eigenvalue weighted by Crippen LogP contribution is 2.29. The van der Waals surface area contributed by atoms with E-state index in [1.165, 1.54) is 12.1 Å². The minimum Gasteiger partial charge on any atom is -0.497 e. The minimum atomic E-state index is -0.464. The summed E-state index contributed by atoms with van der Waals surface area (Å²) in [4.78, 5) is 18.7. The van der Waals surface area contributed by atoms with Gasteiger partial charge in [-0.05, 0) is 37.1 Å². The highest BCUT2D eigenvalue weighted by molar-refractivity contribution is 5.89. The molecule has 0 saturated carbocycles. The molecule has 2 aromatic carbocycles. The van der Waals surface area contributed by atoms with Gasteiger partial charge in [-0.25, -0.2) is 9.18 Å². The Labute approximate surface area is 167 Å². The van der Waals surface area contributed by atoms with E-state index in [0.29, 0.717) is 30.6 Å². The second-order valence-electron chi connectivity index (χ2n) is 6.88. The Morgan fingerprint density at radius 2 is 2.14 bits per heavy atom. The first-order valence-electron chi connectivity index (χ1n) is 9.42. The molecular formula is C21H21FN4O3. The van der Waals surface area contributed by atoms with Crippen LogP contribution in [0, 0.1) is 5.82 Å². The van der Waals surface area contributed by atoms with Gasteiger partial charge in [0.15, 0.2) is 0 Å². The molecule has 1 atom stereocenters. The molecule has 1 aromatic heterocycles. The van der Waals surface area contributed by atoms with Crippen molar-refractivity contribution in [2.24, 2.45) is 0 Å².